The maximum Gasteiger partial charge on any atom is 0.220 e. The van der Waals surface area contributed by atoms with Crippen molar-refractivity contribution in [2.24, 2.45) is 0 Å². The number of aliphatic hydroxyl groups is 2. The van der Waals surface area contributed by atoms with Crippen LogP contribution in [0.25, 0.3) is 0 Å². The third-order valence-corrected chi connectivity index (χ3v) is 4.38. The van der Waals surface area contributed by atoms with Crippen molar-refractivity contribution in [3.05, 3.63) is 35.9 Å². The minimum absolute atomic E-state index is 0.0140. The van der Waals surface area contributed by atoms with Gasteiger partial charge in [-0.2, -0.15) is 0 Å². The van der Waals surface area contributed by atoms with Gasteiger partial charge in [0, 0.05) is 12.5 Å². The van der Waals surface area contributed by atoms with Crippen molar-refractivity contribution < 1.29 is 15.0 Å². The molecule has 0 saturated heterocycles. The molecule has 122 valence electrons. The third kappa shape index (κ3) is 6.16. The van der Waals surface area contributed by atoms with Gasteiger partial charge in [-0.1, -0.05) is 30.3 Å². The number of amides is 1. The number of rotatable bonds is 7. The first-order chi connectivity index (χ1) is 10.6. The fourth-order valence-corrected chi connectivity index (χ4v) is 2.94. The van der Waals surface area contributed by atoms with E-state index in [4.69, 9.17) is 0 Å². The van der Waals surface area contributed by atoms with Gasteiger partial charge in [0.05, 0.1) is 12.2 Å². The van der Waals surface area contributed by atoms with E-state index in [1.165, 1.54) is 5.56 Å². The zero-order valence-electron chi connectivity index (χ0n) is 13.1. The Morgan fingerprint density at radius 1 is 1.14 bits per heavy atom. The van der Waals surface area contributed by atoms with Gasteiger partial charge in [0.2, 0.25) is 5.91 Å². The van der Waals surface area contributed by atoms with Gasteiger partial charge in [-0.15, -0.1) is 0 Å². The van der Waals surface area contributed by atoms with Crippen LogP contribution in [0.3, 0.4) is 0 Å². The van der Waals surface area contributed by atoms with E-state index in [1.807, 2.05) is 18.2 Å². The van der Waals surface area contributed by atoms with Gasteiger partial charge in [0.1, 0.15) is 0 Å². The summed E-state index contributed by atoms with van der Waals surface area (Å²) in [6.07, 6.45) is 5.01. The summed E-state index contributed by atoms with van der Waals surface area (Å²) < 4.78 is 0. The lowest BCUT2D eigenvalue weighted by molar-refractivity contribution is -0.122. The average Bonchev–Trinajstić information content (AvgIpc) is 2.54. The highest BCUT2D eigenvalue weighted by Crippen LogP contribution is 2.18. The molecule has 2 rings (SSSR count). The van der Waals surface area contributed by atoms with Crippen LogP contribution in [0, 0.1) is 0 Å². The molecule has 0 spiro atoms. The van der Waals surface area contributed by atoms with Crippen molar-refractivity contribution in [3.8, 4) is 0 Å². The van der Waals surface area contributed by atoms with Gasteiger partial charge >= 0.3 is 0 Å². The number of aryl methyl sites for hydroxylation is 1. The van der Waals surface area contributed by atoms with Crippen molar-refractivity contribution in [2.75, 3.05) is 0 Å². The predicted molar refractivity (Wildman–Crippen MR) is 86.4 cm³/mol. The Kier molecular flexibility index (Phi) is 6.87. The summed E-state index contributed by atoms with van der Waals surface area (Å²) in [6.45, 7) is 0. The van der Waals surface area contributed by atoms with Crippen LogP contribution in [0.5, 0.6) is 0 Å². The van der Waals surface area contributed by atoms with E-state index in [0.29, 0.717) is 19.3 Å². The van der Waals surface area contributed by atoms with Gasteiger partial charge in [-0.05, 0) is 50.5 Å². The summed E-state index contributed by atoms with van der Waals surface area (Å²) >= 11 is 0. The van der Waals surface area contributed by atoms with Gasteiger partial charge in [-0.25, -0.2) is 0 Å². The zero-order valence-corrected chi connectivity index (χ0v) is 13.1. The molecule has 0 radical (unpaired) electrons. The van der Waals surface area contributed by atoms with Crippen molar-refractivity contribution in [2.45, 2.75) is 69.6 Å². The molecule has 0 aliphatic heterocycles. The Morgan fingerprint density at radius 3 is 2.50 bits per heavy atom. The summed E-state index contributed by atoms with van der Waals surface area (Å²) in [5.41, 5.74) is 1.21. The van der Waals surface area contributed by atoms with Crippen LogP contribution in [0.15, 0.2) is 30.3 Å². The summed E-state index contributed by atoms with van der Waals surface area (Å²) in [4.78, 5) is 11.9. The molecule has 22 heavy (non-hydrogen) atoms. The predicted octanol–water partition coefficient (Wildman–Crippen LogP) is 2.18. The van der Waals surface area contributed by atoms with Crippen LogP contribution in [0.2, 0.25) is 0 Å². The fraction of sp³-hybridized carbons (Fsp3) is 0.611. The number of nitrogens with one attached hydrogen (secondary N) is 1. The van der Waals surface area contributed by atoms with Crippen LogP contribution >= 0.6 is 0 Å². The Hall–Kier alpha value is -1.39. The lowest BCUT2D eigenvalue weighted by Crippen LogP contribution is -2.38. The highest BCUT2D eigenvalue weighted by Gasteiger charge is 2.20. The maximum absolute atomic E-state index is 11.9. The fourth-order valence-electron chi connectivity index (χ4n) is 2.94. The van der Waals surface area contributed by atoms with Crippen molar-refractivity contribution >= 4 is 5.91 Å². The molecule has 4 nitrogen and oxygen atoms in total. The molecule has 1 unspecified atom stereocenters. The van der Waals surface area contributed by atoms with Crippen molar-refractivity contribution in [1.29, 1.82) is 0 Å². The largest absolute Gasteiger partial charge is 0.393 e. The first-order valence-electron chi connectivity index (χ1n) is 8.33. The van der Waals surface area contributed by atoms with Gasteiger partial charge < -0.3 is 15.5 Å². The topological polar surface area (TPSA) is 69.6 Å². The lowest BCUT2D eigenvalue weighted by Gasteiger charge is -2.26. The summed E-state index contributed by atoms with van der Waals surface area (Å²) in [7, 11) is 0. The summed E-state index contributed by atoms with van der Waals surface area (Å²) in [5.74, 6) is 0.0140. The third-order valence-electron chi connectivity index (χ3n) is 4.38. The standard InChI is InChI=1S/C18H27NO3/c20-16(9-6-14-4-2-1-3-5-14)12-13-18(22)19-15-7-10-17(21)11-8-15/h1-5,15-17,20-21H,6-13H2,(H,19,22)/t15-,16?,17-. The van der Waals surface area contributed by atoms with E-state index in [2.05, 4.69) is 17.4 Å². The SMILES string of the molecule is O=C(CCC(O)CCc1ccccc1)N[C@H]1CC[C@H](O)CC1. The molecule has 1 aromatic carbocycles. The molecule has 1 fully saturated rings. The number of carbonyl (C=O) groups is 1. The highest BCUT2D eigenvalue weighted by atomic mass is 16.3. The molecule has 1 saturated carbocycles. The second-order valence-corrected chi connectivity index (χ2v) is 6.29. The molecule has 1 aliphatic rings. The molecule has 1 amide bonds. The minimum Gasteiger partial charge on any atom is -0.393 e. The Labute approximate surface area is 132 Å². The molecule has 1 aromatic rings. The second kappa shape index (κ2) is 8.91. The Bertz CT molecular complexity index is 441. The Balaban J connectivity index is 1.59. The Morgan fingerprint density at radius 2 is 1.82 bits per heavy atom. The van der Waals surface area contributed by atoms with Crippen LogP contribution in [0.4, 0.5) is 0 Å². The number of benzene rings is 1. The van der Waals surface area contributed by atoms with Crippen molar-refractivity contribution in [3.63, 3.8) is 0 Å². The van der Waals surface area contributed by atoms with E-state index in [1.54, 1.807) is 0 Å². The second-order valence-electron chi connectivity index (χ2n) is 6.29. The van der Waals surface area contributed by atoms with Crippen LogP contribution < -0.4 is 5.32 Å². The number of hydrogen-bond acceptors (Lipinski definition) is 3. The van der Waals surface area contributed by atoms with Crippen LogP contribution in [-0.2, 0) is 11.2 Å². The number of carbonyl (C=O) groups excluding carboxylic acids is 1. The lowest BCUT2D eigenvalue weighted by atomic mass is 9.93. The molecule has 4 heteroatoms. The van der Waals surface area contributed by atoms with E-state index in [-0.39, 0.29) is 18.1 Å². The maximum atomic E-state index is 11.9. The first-order valence-corrected chi connectivity index (χ1v) is 8.33. The molecule has 1 atom stereocenters. The van der Waals surface area contributed by atoms with Crippen molar-refractivity contribution in [1.82, 2.24) is 5.32 Å². The van der Waals surface area contributed by atoms with Gasteiger partial charge in [-0.3, -0.25) is 4.79 Å². The summed E-state index contributed by atoms with van der Waals surface area (Å²) in [5, 5.41) is 22.4. The minimum atomic E-state index is -0.431. The quantitative estimate of drug-likeness (QED) is 0.723. The molecule has 0 bridgehead atoms. The smallest absolute Gasteiger partial charge is 0.220 e. The molecule has 0 heterocycles. The number of aliphatic hydroxyl groups excluding tert-OH is 2. The molecule has 0 aromatic heterocycles. The highest BCUT2D eigenvalue weighted by molar-refractivity contribution is 5.76. The average molecular weight is 305 g/mol. The van der Waals surface area contributed by atoms with Gasteiger partial charge in [0.25, 0.3) is 0 Å². The first kappa shape index (κ1) is 17.0. The number of hydrogen-bond donors (Lipinski definition) is 3. The monoisotopic (exact) mass is 305 g/mol. The zero-order chi connectivity index (χ0) is 15.8. The van der Waals surface area contributed by atoms with Crippen LogP contribution in [-0.4, -0.2) is 34.4 Å². The normalized spacial score (nSPS) is 23.0. The van der Waals surface area contributed by atoms with E-state index >= 15 is 0 Å². The molecular weight excluding hydrogens is 278 g/mol. The molecular formula is C18H27NO3. The van der Waals surface area contributed by atoms with E-state index in [0.717, 1.165) is 32.1 Å². The van der Waals surface area contributed by atoms with E-state index in [9.17, 15) is 15.0 Å². The van der Waals surface area contributed by atoms with Crippen LogP contribution in [0.1, 0.15) is 50.5 Å². The summed E-state index contributed by atoms with van der Waals surface area (Å²) in [6, 6.07) is 10.3. The van der Waals surface area contributed by atoms with Gasteiger partial charge in [0.15, 0.2) is 0 Å². The molecule has 1 aliphatic carbocycles. The van der Waals surface area contributed by atoms with E-state index < -0.39 is 6.10 Å². The molecule has 3 N–H and O–H groups in total.